The van der Waals surface area contributed by atoms with Crippen LogP contribution in [0.3, 0.4) is 0 Å². The molecule has 1 saturated heterocycles. The van der Waals surface area contributed by atoms with Crippen LogP contribution in [-0.2, 0) is 24.3 Å². The van der Waals surface area contributed by atoms with Crippen molar-refractivity contribution in [2.75, 3.05) is 44.2 Å². The molecule has 0 saturated carbocycles. The fourth-order valence-corrected chi connectivity index (χ4v) is 5.02. The summed E-state index contributed by atoms with van der Waals surface area (Å²) in [5.74, 6) is -1.30. The van der Waals surface area contributed by atoms with Crippen molar-refractivity contribution < 1.29 is 27.5 Å². The summed E-state index contributed by atoms with van der Waals surface area (Å²) < 4.78 is 30.4. The van der Waals surface area contributed by atoms with E-state index in [9.17, 15) is 22.8 Å². The second-order valence-corrected chi connectivity index (χ2v) is 8.86. The van der Waals surface area contributed by atoms with Crippen LogP contribution in [0.4, 0.5) is 5.82 Å². The van der Waals surface area contributed by atoms with E-state index in [2.05, 4.69) is 9.88 Å². The first-order valence-corrected chi connectivity index (χ1v) is 11.1. The molecule has 2 aromatic rings. The quantitative estimate of drug-likeness (QED) is 0.597. The minimum absolute atomic E-state index is 0.0113. The molecule has 1 aromatic carbocycles. The summed E-state index contributed by atoms with van der Waals surface area (Å²) in [5, 5.41) is 0. The minimum Gasteiger partial charge on any atom is -0.454 e. The molecule has 0 N–H and O–H groups in total. The molecule has 10 nitrogen and oxygen atoms in total. The molecule has 3 heterocycles. The highest BCUT2D eigenvalue weighted by Crippen LogP contribution is 2.29. The van der Waals surface area contributed by atoms with Crippen LogP contribution in [0.2, 0.25) is 0 Å². The molecule has 0 unspecified atom stereocenters. The predicted octanol–water partition coefficient (Wildman–Crippen LogP) is 0.118. The number of amides is 2. The number of hydrogen-bond acceptors (Lipinski definition) is 8. The molecular weight excluding hydrogens is 424 g/mol. The second kappa shape index (κ2) is 8.34. The number of nitrogens with zero attached hydrogens (tertiary/aromatic N) is 4. The van der Waals surface area contributed by atoms with Crippen molar-refractivity contribution in [2.45, 2.75) is 4.90 Å². The van der Waals surface area contributed by atoms with Crippen LogP contribution in [0.15, 0.2) is 53.6 Å². The molecule has 2 aliphatic rings. The average molecular weight is 444 g/mol. The Morgan fingerprint density at radius 3 is 2.39 bits per heavy atom. The maximum Gasteiger partial charge on any atom is 0.327 e. The molecule has 4 rings (SSSR count). The summed E-state index contributed by atoms with van der Waals surface area (Å²) in [6, 6.07) is 11.3. The lowest BCUT2D eigenvalue weighted by Crippen LogP contribution is -2.50. The first kappa shape index (κ1) is 20.8. The molecule has 0 radical (unpaired) electrons. The van der Waals surface area contributed by atoms with Gasteiger partial charge in [-0.15, -0.1) is 0 Å². The number of carbonyl (C=O) groups excluding carboxylic acids is 3. The van der Waals surface area contributed by atoms with Crippen LogP contribution in [0.25, 0.3) is 0 Å². The summed E-state index contributed by atoms with van der Waals surface area (Å²) in [4.78, 5) is 44.6. The van der Waals surface area contributed by atoms with Crippen molar-refractivity contribution in [3.63, 3.8) is 0 Å². The van der Waals surface area contributed by atoms with Crippen LogP contribution in [-0.4, -0.2) is 79.7 Å². The standard InChI is InChI=1S/C20H20N4O6S/c25-18(23-11-9-22(10-12-23)17-7-3-4-8-21-17)14-30-19(26)13-24-20(27)15-5-1-2-6-16(15)31(24,28)29/h1-8H,9-14H2. The molecule has 162 valence electrons. The number of carbonyl (C=O) groups is 3. The van der Waals surface area contributed by atoms with Gasteiger partial charge in [-0.2, -0.15) is 0 Å². The lowest BCUT2D eigenvalue weighted by Gasteiger charge is -2.35. The lowest BCUT2D eigenvalue weighted by molar-refractivity contribution is -0.152. The van der Waals surface area contributed by atoms with E-state index in [-0.39, 0.29) is 16.4 Å². The van der Waals surface area contributed by atoms with E-state index in [1.54, 1.807) is 17.2 Å². The van der Waals surface area contributed by atoms with E-state index in [1.807, 2.05) is 18.2 Å². The highest BCUT2D eigenvalue weighted by molar-refractivity contribution is 7.90. The molecule has 0 spiro atoms. The molecule has 1 fully saturated rings. The Kier molecular flexibility index (Phi) is 5.59. The molecule has 0 bridgehead atoms. The maximum absolute atomic E-state index is 12.5. The smallest absolute Gasteiger partial charge is 0.327 e. The zero-order chi connectivity index (χ0) is 22.0. The van der Waals surface area contributed by atoms with Gasteiger partial charge in [0.2, 0.25) is 0 Å². The lowest BCUT2D eigenvalue weighted by atomic mass is 10.2. The Bertz CT molecular complexity index is 1110. The minimum atomic E-state index is -4.11. The number of pyridine rings is 1. The molecule has 1 aromatic heterocycles. The molecule has 0 atom stereocenters. The third kappa shape index (κ3) is 4.08. The first-order chi connectivity index (χ1) is 14.9. The number of esters is 1. The number of rotatable bonds is 5. The van der Waals surface area contributed by atoms with Crippen molar-refractivity contribution in [3.05, 3.63) is 54.2 Å². The van der Waals surface area contributed by atoms with Gasteiger partial charge >= 0.3 is 5.97 Å². The van der Waals surface area contributed by atoms with E-state index < -0.39 is 35.1 Å². The van der Waals surface area contributed by atoms with Crippen molar-refractivity contribution >= 4 is 33.6 Å². The fraction of sp³-hybridized carbons (Fsp3) is 0.300. The van der Waals surface area contributed by atoms with Gasteiger partial charge in [-0.25, -0.2) is 17.7 Å². The first-order valence-electron chi connectivity index (χ1n) is 9.63. The Hall–Kier alpha value is -3.47. The number of piperazine rings is 1. The Labute approximate surface area is 179 Å². The van der Waals surface area contributed by atoms with Gasteiger partial charge < -0.3 is 14.5 Å². The summed E-state index contributed by atoms with van der Waals surface area (Å²) >= 11 is 0. The number of benzene rings is 1. The van der Waals surface area contributed by atoms with E-state index in [4.69, 9.17) is 4.74 Å². The summed E-state index contributed by atoms with van der Waals surface area (Å²) in [5.41, 5.74) is 0.0113. The predicted molar refractivity (Wildman–Crippen MR) is 109 cm³/mol. The number of fused-ring (bicyclic) bond motifs is 1. The number of sulfonamides is 1. The Morgan fingerprint density at radius 1 is 1.00 bits per heavy atom. The van der Waals surface area contributed by atoms with Gasteiger partial charge in [-0.05, 0) is 24.3 Å². The number of anilines is 1. The molecule has 11 heteroatoms. The zero-order valence-electron chi connectivity index (χ0n) is 16.5. The monoisotopic (exact) mass is 444 g/mol. The van der Waals surface area contributed by atoms with Crippen molar-refractivity contribution in [1.29, 1.82) is 0 Å². The summed E-state index contributed by atoms with van der Waals surface area (Å²) in [6.45, 7) is 0.779. The van der Waals surface area contributed by atoms with Gasteiger partial charge in [0.15, 0.2) is 6.61 Å². The van der Waals surface area contributed by atoms with Crippen LogP contribution in [0.5, 0.6) is 0 Å². The third-order valence-corrected chi connectivity index (χ3v) is 6.93. The number of ether oxygens (including phenoxy) is 1. The van der Waals surface area contributed by atoms with Crippen molar-refractivity contribution in [1.82, 2.24) is 14.2 Å². The molecule has 2 amide bonds. The van der Waals surface area contributed by atoms with Gasteiger partial charge in [0.25, 0.3) is 21.8 Å². The van der Waals surface area contributed by atoms with Crippen LogP contribution in [0, 0.1) is 0 Å². The topological polar surface area (TPSA) is 117 Å². The maximum atomic E-state index is 12.5. The van der Waals surface area contributed by atoms with Crippen LogP contribution < -0.4 is 4.90 Å². The average Bonchev–Trinajstić information content (AvgIpc) is 2.99. The van der Waals surface area contributed by atoms with E-state index in [0.717, 1.165) is 5.82 Å². The highest BCUT2D eigenvalue weighted by Gasteiger charge is 2.42. The molecule has 31 heavy (non-hydrogen) atoms. The van der Waals surface area contributed by atoms with Gasteiger partial charge in [-0.1, -0.05) is 18.2 Å². The SMILES string of the molecule is O=C(CN1C(=O)c2ccccc2S1(=O)=O)OCC(=O)N1CCN(c2ccccn2)CC1. The van der Waals surface area contributed by atoms with Gasteiger partial charge in [0.05, 0.1) is 5.56 Å². The highest BCUT2D eigenvalue weighted by atomic mass is 32.2. The Balaban J connectivity index is 1.28. The normalized spacial score (nSPS) is 17.4. The Morgan fingerprint density at radius 2 is 1.71 bits per heavy atom. The fourth-order valence-electron chi connectivity index (χ4n) is 3.51. The van der Waals surface area contributed by atoms with E-state index in [0.29, 0.717) is 30.5 Å². The van der Waals surface area contributed by atoms with E-state index >= 15 is 0 Å². The molecule has 2 aliphatic heterocycles. The largest absolute Gasteiger partial charge is 0.454 e. The third-order valence-electron chi connectivity index (χ3n) is 5.15. The summed E-state index contributed by atoms with van der Waals surface area (Å²) in [6.07, 6.45) is 1.70. The summed E-state index contributed by atoms with van der Waals surface area (Å²) in [7, 11) is -4.11. The number of hydrogen-bond donors (Lipinski definition) is 0. The molecule has 0 aliphatic carbocycles. The van der Waals surface area contributed by atoms with Crippen molar-refractivity contribution in [2.24, 2.45) is 0 Å². The van der Waals surface area contributed by atoms with Gasteiger partial charge in [0, 0.05) is 32.4 Å². The van der Waals surface area contributed by atoms with Gasteiger partial charge in [0.1, 0.15) is 17.3 Å². The van der Waals surface area contributed by atoms with Crippen LogP contribution in [0.1, 0.15) is 10.4 Å². The molecular formula is C20H20N4O6S. The zero-order valence-corrected chi connectivity index (χ0v) is 17.3. The van der Waals surface area contributed by atoms with Crippen molar-refractivity contribution in [3.8, 4) is 0 Å². The second-order valence-electron chi connectivity index (χ2n) is 7.03. The number of aromatic nitrogens is 1. The van der Waals surface area contributed by atoms with E-state index in [1.165, 1.54) is 18.2 Å². The van der Waals surface area contributed by atoms with Crippen LogP contribution >= 0.6 is 0 Å². The van der Waals surface area contributed by atoms with Gasteiger partial charge in [-0.3, -0.25) is 14.4 Å².